The third-order valence-corrected chi connectivity index (χ3v) is 4.17. The second-order valence-corrected chi connectivity index (χ2v) is 7.27. The number of carbonyl (C=O) groups excluding carboxylic acids is 2. The van der Waals surface area contributed by atoms with Gasteiger partial charge in [0.2, 0.25) is 0 Å². The molecule has 0 aromatic heterocycles. The van der Waals surface area contributed by atoms with Crippen molar-refractivity contribution in [1.29, 1.82) is 0 Å². The molecule has 25 heavy (non-hydrogen) atoms. The summed E-state index contributed by atoms with van der Waals surface area (Å²) in [6.07, 6.45) is 2.80. The van der Waals surface area contributed by atoms with Gasteiger partial charge < -0.3 is 9.84 Å². The molecule has 5 nitrogen and oxygen atoms in total. The van der Waals surface area contributed by atoms with Crippen LogP contribution in [0.4, 0.5) is 5.69 Å². The molecule has 0 atom stereocenters. The number of halogens is 1. The first-order valence-corrected chi connectivity index (χ1v) is 8.57. The van der Waals surface area contributed by atoms with Crippen LogP contribution in [0.15, 0.2) is 34.5 Å². The van der Waals surface area contributed by atoms with Crippen LogP contribution in [0.5, 0.6) is 0 Å². The van der Waals surface area contributed by atoms with Crippen molar-refractivity contribution in [2.45, 2.75) is 40.0 Å². The Morgan fingerprint density at radius 1 is 1.40 bits per heavy atom. The van der Waals surface area contributed by atoms with Gasteiger partial charge in [-0.2, -0.15) is 0 Å². The number of aliphatic imine (C=N–C) groups is 1. The lowest BCUT2D eigenvalue weighted by atomic mass is 9.77. The summed E-state index contributed by atoms with van der Waals surface area (Å²) in [5.41, 5.74) is 0.596. The van der Waals surface area contributed by atoms with Crippen LogP contribution in [0.3, 0.4) is 0 Å². The van der Waals surface area contributed by atoms with Crippen LogP contribution in [0.25, 0.3) is 0 Å². The molecule has 0 fully saturated rings. The van der Waals surface area contributed by atoms with Crippen LogP contribution in [-0.2, 0) is 9.53 Å². The first-order chi connectivity index (χ1) is 11.7. The molecule has 134 valence electrons. The van der Waals surface area contributed by atoms with E-state index in [2.05, 4.69) is 4.99 Å². The summed E-state index contributed by atoms with van der Waals surface area (Å²) in [5, 5.41) is 10.5. The molecule has 1 aliphatic carbocycles. The van der Waals surface area contributed by atoms with Gasteiger partial charge >= 0.3 is 5.97 Å². The number of aliphatic hydroxyl groups is 1. The lowest BCUT2D eigenvalue weighted by molar-refractivity contribution is -0.117. The molecular weight excluding hydrogens is 342 g/mol. The molecule has 0 unspecified atom stereocenters. The van der Waals surface area contributed by atoms with Crippen molar-refractivity contribution in [3.05, 3.63) is 40.1 Å². The summed E-state index contributed by atoms with van der Waals surface area (Å²) in [4.78, 5) is 28.3. The summed E-state index contributed by atoms with van der Waals surface area (Å²) in [6.45, 7) is 6.10. The molecule has 6 heteroatoms. The van der Waals surface area contributed by atoms with Crippen LogP contribution in [-0.4, -0.2) is 29.7 Å². The average Bonchev–Trinajstić information content (AvgIpc) is 2.52. The molecule has 0 aliphatic heterocycles. The van der Waals surface area contributed by atoms with E-state index in [4.69, 9.17) is 16.3 Å². The number of allylic oxidation sites excluding steroid dienone is 2. The first-order valence-electron chi connectivity index (χ1n) is 8.19. The van der Waals surface area contributed by atoms with Crippen molar-refractivity contribution in [3.63, 3.8) is 0 Å². The summed E-state index contributed by atoms with van der Waals surface area (Å²) in [5.74, 6) is -0.584. The molecule has 0 spiro atoms. The van der Waals surface area contributed by atoms with Crippen LogP contribution in [0, 0.1) is 5.41 Å². The van der Waals surface area contributed by atoms with E-state index in [0.717, 1.165) is 6.42 Å². The highest BCUT2D eigenvalue weighted by Gasteiger charge is 2.32. The van der Waals surface area contributed by atoms with Crippen molar-refractivity contribution in [2.75, 3.05) is 6.61 Å². The molecule has 0 radical (unpaired) electrons. The Hall–Kier alpha value is -2.14. The van der Waals surface area contributed by atoms with Gasteiger partial charge in [-0.1, -0.05) is 32.4 Å². The number of hydrogen-bond acceptors (Lipinski definition) is 5. The molecule has 0 amide bonds. The Morgan fingerprint density at radius 2 is 2.12 bits per heavy atom. The molecule has 1 aromatic rings. The van der Waals surface area contributed by atoms with E-state index in [1.165, 1.54) is 12.3 Å². The van der Waals surface area contributed by atoms with E-state index in [1.807, 2.05) is 20.8 Å². The minimum atomic E-state index is -0.451. The highest BCUT2D eigenvalue weighted by Crippen LogP contribution is 2.35. The van der Waals surface area contributed by atoms with Crippen LogP contribution < -0.4 is 0 Å². The van der Waals surface area contributed by atoms with Crippen LogP contribution in [0.2, 0.25) is 5.02 Å². The number of Topliss-reactive ketones (excluding diaryl/α,β-unsaturated/α-hetero) is 1. The topological polar surface area (TPSA) is 76.0 Å². The summed E-state index contributed by atoms with van der Waals surface area (Å²) in [6, 6.07) is 4.62. The number of aliphatic hydroxyl groups excluding tert-OH is 1. The summed E-state index contributed by atoms with van der Waals surface area (Å²) < 4.78 is 5.09. The van der Waals surface area contributed by atoms with E-state index in [-0.39, 0.29) is 22.5 Å². The minimum absolute atomic E-state index is 0.0274. The van der Waals surface area contributed by atoms with Crippen LogP contribution >= 0.6 is 11.6 Å². The monoisotopic (exact) mass is 363 g/mol. The Balaban J connectivity index is 2.26. The SMILES string of the molecule is CCCOC(=O)c1ccc(Cl)c(N=CC2=C(O)CC(C)(C)CC2=O)c1. The quantitative estimate of drug-likeness (QED) is 0.601. The molecule has 1 aromatic carbocycles. The highest BCUT2D eigenvalue weighted by atomic mass is 35.5. The summed E-state index contributed by atoms with van der Waals surface area (Å²) in [7, 11) is 0. The maximum Gasteiger partial charge on any atom is 0.338 e. The number of benzene rings is 1. The van der Waals surface area contributed by atoms with E-state index in [1.54, 1.807) is 12.1 Å². The zero-order valence-corrected chi connectivity index (χ0v) is 15.4. The first kappa shape index (κ1) is 19.2. The third-order valence-electron chi connectivity index (χ3n) is 3.85. The lowest BCUT2D eigenvalue weighted by Crippen LogP contribution is -2.26. The molecular formula is C19H22ClNO4. The molecule has 1 N–H and O–H groups in total. The van der Waals surface area contributed by atoms with E-state index in [0.29, 0.717) is 35.7 Å². The second kappa shape index (κ2) is 7.83. The number of nitrogens with zero attached hydrogens (tertiary/aromatic N) is 1. The molecule has 0 saturated heterocycles. The molecule has 2 rings (SSSR count). The van der Waals surface area contributed by atoms with E-state index >= 15 is 0 Å². The van der Waals surface area contributed by atoms with Crippen molar-refractivity contribution < 1.29 is 19.4 Å². The second-order valence-electron chi connectivity index (χ2n) is 6.86. The van der Waals surface area contributed by atoms with Gasteiger partial charge in [0, 0.05) is 19.1 Å². The van der Waals surface area contributed by atoms with Gasteiger partial charge in [-0.3, -0.25) is 9.79 Å². The van der Waals surface area contributed by atoms with Crippen molar-refractivity contribution in [2.24, 2.45) is 10.4 Å². The fourth-order valence-corrected chi connectivity index (χ4v) is 2.77. The van der Waals surface area contributed by atoms with Gasteiger partial charge in [-0.25, -0.2) is 4.79 Å². The molecule has 0 bridgehead atoms. The molecule has 1 aliphatic rings. The predicted molar refractivity (Wildman–Crippen MR) is 97.9 cm³/mol. The summed E-state index contributed by atoms with van der Waals surface area (Å²) >= 11 is 6.11. The van der Waals surface area contributed by atoms with E-state index in [9.17, 15) is 14.7 Å². The maximum absolute atomic E-state index is 12.2. The van der Waals surface area contributed by atoms with Gasteiger partial charge in [0.25, 0.3) is 0 Å². The Kier molecular flexibility index (Phi) is 6.01. The van der Waals surface area contributed by atoms with Crippen molar-refractivity contribution in [1.82, 2.24) is 0 Å². The van der Waals surface area contributed by atoms with Crippen molar-refractivity contribution in [3.8, 4) is 0 Å². The van der Waals surface area contributed by atoms with Gasteiger partial charge in [0.1, 0.15) is 5.76 Å². The van der Waals surface area contributed by atoms with Gasteiger partial charge in [0.05, 0.1) is 28.5 Å². The number of ketones is 1. The third kappa shape index (κ3) is 4.92. The van der Waals surface area contributed by atoms with Crippen molar-refractivity contribution >= 4 is 35.3 Å². The Labute approximate surface area is 152 Å². The predicted octanol–water partition coefficient (Wildman–Crippen LogP) is 4.81. The molecule has 0 saturated carbocycles. The van der Waals surface area contributed by atoms with Gasteiger partial charge in [-0.05, 0) is 30.0 Å². The fraction of sp³-hybridized carbons (Fsp3) is 0.421. The Bertz CT molecular complexity index is 750. The number of hydrogen-bond donors (Lipinski definition) is 1. The lowest BCUT2D eigenvalue weighted by Gasteiger charge is -2.28. The highest BCUT2D eigenvalue weighted by molar-refractivity contribution is 6.33. The Morgan fingerprint density at radius 3 is 2.76 bits per heavy atom. The number of esters is 1. The number of ether oxygens (including phenoxy) is 1. The number of rotatable bonds is 5. The van der Waals surface area contributed by atoms with Gasteiger partial charge in [-0.15, -0.1) is 0 Å². The zero-order valence-electron chi connectivity index (χ0n) is 14.6. The zero-order chi connectivity index (χ0) is 18.6. The van der Waals surface area contributed by atoms with Gasteiger partial charge in [0.15, 0.2) is 5.78 Å². The largest absolute Gasteiger partial charge is 0.511 e. The smallest absolute Gasteiger partial charge is 0.338 e. The normalized spacial score (nSPS) is 17.2. The number of carbonyl (C=O) groups is 2. The van der Waals surface area contributed by atoms with E-state index < -0.39 is 5.97 Å². The maximum atomic E-state index is 12.2. The standard InChI is InChI=1S/C19H22ClNO4/c1-4-7-25-18(24)12-5-6-14(20)15(8-12)21-11-13-16(22)9-19(2,3)10-17(13)23/h5-6,8,11,22H,4,7,9-10H2,1-3H3. The van der Waals surface area contributed by atoms with Crippen LogP contribution in [0.1, 0.15) is 50.4 Å². The molecule has 0 heterocycles. The average molecular weight is 364 g/mol. The fourth-order valence-electron chi connectivity index (χ4n) is 2.60. The minimum Gasteiger partial charge on any atom is -0.511 e.